The van der Waals surface area contributed by atoms with E-state index in [1.54, 1.807) is 0 Å². The zero-order valence-electron chi connectivity index (χ0n) is 41.4. The Morgan fingerprint density at radius 1 is 0.419 bits per heavy atom. The van der Waals surface area contributed by atoms with Crippen molar-refractivity contribution in [2.75, 3.05) is 18.1 Å². The number of hydrogen-bond donors (Lipinski definition) is 1. The summed E-state index contributed by atoms with van der Waals surface area (Å²) in [5.41, 5.74) is 0. The van der Waals surface area contributed by atoms with Gasteiger partial charge in [0, 0.05) is 30.8 Å². The van der Waals surface area contributed by atoms with E-state index in [9.17, 15) is 19.2 Å². The fraction of sp³-hybridized carbons (Fsp3) is 0.926. The van der Waals surface area contributed by atoms with Gasteiger partial charge < -0.3 is 19.6 Å². The van der Waals surface area contributed by atoms with E-state index in [1.807, 2.05) is 0 Å². The summed E-state index contributed by atoms with van der Waals surface area (Å²) < 4.78 is 11.5. The predicted octanol–water partition coefficient (Wildman–Crippen LogP) is 16.3. The molecule has 7 nitrogen and oxygen atoms in total. The Morgan fingerprint density at radius 2 is 0.726 bits per heavy atom. The standard InChI is InChI=1S/C54H103NO6S/c1-4-7-10-13-16-19-22-25-28-31-34-37-40-43-52(57)55-50(46-56)48-62-49-51(61-54(59)45-42-39-36-33-30-27-24-21-18-15-12-9-6-3)47-60-53(58)44-41-38-35-32-29-26-23-20-17-14-11-8-5-2/h46,50-51H,4-45,47-49H2,1-3H3,(H,55,57)/t50?,51-/m1/s1. The summed E-state index contributed by atoms with van der Waals surface area (Å²) in [6.45, 7) is 6.81. The summed E-state index contributed by atoms with van der Waals surface area (Å²) in [6.07, 6.45) is 50.2. The molecule has 0 radical (unpaired) electrons. The Hall–Kier alpha value is -1.57. The molecular formula is C54H103NO6S. The zero-order valence-corrected chi connectivity index (χ0v) is 42.2. The number of ether oxygens (including phenoxy) is 2. The number of unbranched alkanes of at least 4 members (excludes halogenated alkanes) is 36. The van der Waals surface area contributed by atoms with Gasteiger partial charge in [-0.15, -0.1) is 0 Å². The minimum atomic E-state index is -0.602. The van der Waals surface area contributed by atoms with E-state index in [2.05, 4.69) is 26.1 Å². The molecule has 1 unspecified atom stereocenters. The van der Waals surface area contributed by atoms with Gasteiger partial charge in [0.2, 0.25) is 5.91 Å². The molecule has 0 bridgehead atoms. The number of carbonyl (C=O) groups excluding carboxylic acids is 4. The number of amides is 1. The van der Waals surface area contributed by atoms with Gasteiger partial charge in [0.1, 0.15) is 19.0 Å². The topological polar surface area (TPSA) is 98.8 Å². The molecule has 0 rings (SSSR count). The first-order valence-electron chi connectivity index (χ1n) is 27.1. The molecule has 0 aliphatic carbocycles. The molecule has 0 aliphatic rings. The average Bonchev–Trinajstić information content (AvgIpc) is 3.27. The normalized spacial score (nSPS) is 12.3. The van der Waals surface area contributed by atoms with Crippen LogP contribution in [0.15, 0.2) is 0 Å². The van der Waals surface area contributed by atoms with Gasteiger partial charge in [-0.05, 0) is 19.3 Å². The molecule has 0 aromatic carbocycles. The third kappa shape index (κ3) is 46.4. The summed E-state index contributed by atoms with van der Waals surface area (Å²) in [4.78, 5) is 50.1. The summed E-state index contributed by atoms with van der Waals surface area (Å²) in [7, 11) is 0. The van der Waals surface area contributed by atoms with Crippen molar-refractivity contribution in [1.82, 2.24) is 5.32 Å². The van der Waals surface area contributed by atoms with Crippen LogP contribution in [0.4, 0.5) is 0 Å². The van der Waals surface area contributed by atoms with Crippen LogP contribution in [0.1, 0.15) is 290 Å². The molecule has 8 heteroatoms. The van der Waals surface area contributed by atoms with Crippen LogP contribution in [0.2, 0.25) is 0 Å². The largest absolute Gasteiger partial charge is 0.462 e. The molecule has 0 saturated heterocycles. The van der Waals surface area contributed by atoms with Crippen molar-refractivity contribution in [3.8, 4) is 0 Å². The van der Waals surface area contributed by atoms with E-state index in [0.29, 0.717) is 30.8 Å². The predicted molar refractivity (Wildman–Crippen MR) is 267 cm³/mol. The van der Waals surface area contributed by atoms with Crippen LogP contribution >= 0.6 is 11.8 Å². The number of carbonyl (C=O) groups is 4. The van der Waals surface area contributed by atoms with Crippen molar-refractivity contribution >= 4 is 35.9 Å². The van der Waals surface area contributed by atoms with Gasteiger partial charge in [-0.25, -0.2) is 0 Å². The van der Waals surface area contributed by atoms with Crippen LogP contribution in [0, 0.1) is 0 Å². The van der Waals surface area contributed by atoms with Crippen LogP contribution in [0.25, 0.3) is 0 Å². The average molecular weight is 894 g/mol. The molecular weight excluding hydrogens is 791 g/mol. The minimum Gasteiger partial charge on any atom is -0.462 e. The van der Waals surface area contributed by atoms with Crippen molar-refractivity contribution < 1.29 is 28.7 Å². The second-order valence-electron chi connectivity index (χ2n) is 18.6. The third-order valence-electron chi connectivity index (χ3n) is 12.3. The smallest absolute Gasteiger partial charge is 0.306 e. The van der Waals surface area contributed by atoms with Crippen LogP contribution in [-0.4, -0.2) is 54.4 Å². The quantitative estimate of drug-likeness (QED) is 0.0369. The lowest BCUT2D eigenvalue weighted by atomic mass is 10.0. The first kappa shape index (κ1) is 60.4. The van der Waals surface area contributed by atoms with Crippen LogP contribution < -0.4 is 5.32 Å². The van der Waals surface area contributed by atoms with E-state index in [-0.39, 0.29) is 24.5 Å². The second-order valence-corrected chi connectivity index (χ2v) is 19.7. The van der Waals surface area contributed by atoms with Gasteiger partial charge in [-0.1, -0.05) is 252 Å². The van der Waals surface area contributed by atoms with E-state index in [0.717, 1.165) is 64.1 Å². The molecule has 0 spiro atoms. The molecule has 0 heterocycles. The summed E-state index contributed by atoms with van der Waals surface area (Å²) in [6, 6.07) is -0.602. The fourth-order valence-electron chi connectivity index (χ4n) is 8.22. The molecule has 0 saturated carbocycles. The maximum atomic E-state index is 12.9. The maximum absolute atomic E-state index is 12.9. The highest BCUT2D eigenvalue weighted by Crippen LogP contribution is 2.17. The van der Waals surface area contributed by atoms with Crippen molar-refractivity contribution in [2.45, 2.75) is 303 Å². The van der Waals surface area contributed by atoms with Gasteiger partial charge >= 0.3 is 11.9 Å². The molecule has 0 aliphatic heterocycles. The van der Waals surface area contributed by atoms with Gasteiger partial charge in [0.15, 0.2) is 0 Å². The van der Waals surface area contributed by atoms with Gasteiger partial charge in [0.05, 0.1) is 6.04 Å². The third-order valence-corrected chi connectivity index (χ3v) is 13.5. The molecule has 2 atom stereocenters. The molecule has 0 aromatic heterocycles. The molecule has 1 amide bonds. The zero-order chi connectivity index (χ0) is 45.2. The van der Waals surface area contributed by atoms with E-state index in [4.69, 9.17) is 9.47 Å². The van der Waals surface area contributed by atoms with Crippen molar-refractivity contribution in [1.29, 1.82) is 0 Å². The second kappa shape index (κ2) is 50.4. The number of hydrogen-bond acceptors (Lipinski definition) is 7. The van der Waals surface area contributed by atoms with Gasteiger partial charge in [-0.3, -0.25) is 14.4 Å². The lowest BCUT2D eigenvalue weighted by Crippen LogP contribution is -2.38. The number of esters is 2. The van der Waals surface area contributed by atoms with Crippen LogP contribution in [-0.2, 0) is 28.7 Å². The van der Waals surface area contributed by atoms with Crippen LogP contribution in [0.3, 0.4) is 0 Å². The van der Waals surface area contributed by atoms with E-state index in [1.165, 1.54) is 204 Å². The summed E-state index contributed by atoms with van der Waals surface area (Å²) >= 11 is 1.45. The molecule has 1 N–H and O–H groups in total. The first-order valence-corrected chi connectivity index (χ1v) is 28.3. The van der Waals surface area contributed by atoms with Crippen LogP contribution in [0.5, 0.6) is 0 Å². The number of thioether (sulfide) groups is 1. The van der Waals surface area contributed by atoms with E-state index >= 15 is 0 Å². The summed E-state index contributed by atoms with van der Waals surface area (Å²) in [5, 5.41) is 2.88. The Bertz CT molecular complexity index is 979. The Labute approximate surface area is 389 Å². The Balaban J connectivity index is 4.48. The minimum absolute atomic E-state index is 0.0196. The molecule has 0 aromatic rings. The number of aldehydes is 1. The highest BCUT2D eigenvalue weighted by atomic mass is 32.2. The van der Waals surface area contributed by atoms with Gasteiger partial charge in [0.25, 0.3) is 0 Å². The molecule has 366 valence electrons. The monoisotopic (exact) mass is 894 g/mol. The van der Waals surface area contributed by atoms with Crippen molar-refractivity contribution in [3.63, 3.8) is 0 Å². The Kier molecular flexibility index (Phi) is 49.2. The van der Waals surface area contributed by atoms with Gasteiger partial charge in [-0.2, -0.15) is 11.8 Å². The lowest BCUT2D eigenvalue weighted by molar-refractivity contribution is -0.157. The highest BCUT2D eigenvalue weighted by molar-refractivity contribution is 7.99. The molecule has 62 heavy (non-hydrogen) atoms. The van der Waals surface area contributed by atoms with E-state index < -0.39 is 12.1 Å². The Morgan fingerprint density at radius 3 is 1.06 bits per heavy atom. The van der Waals surface area contributed by atoms with Crippen molar-refractivity contribution in [2.24, 2.45) is 0 Å². The number of rotatable bonds is 51. The lowest BCUT2D eigenvalue weighted by Gasteiger charge is -2.19. The SMILES string of the molecule is CCCCCCCCCCCCCCCC(=O)NC(C=O)CSC[C@@H](COC(=O)CCCCCCCCCCCCCCC)OC(=O)CCCCCCCCCCCCCCC. The number of nitrogens with one attached hydrogen (secondary N) is 1. The van der Waals surface area contributed by atoms with Crippen molar-refractivity contribution in [3.05, 3.63) is 0 Å². The first-order chi connectivity index (χ1) is 30.5. The fourth-order valence-corrected chi connectivity index (χ4v) is 9.20. The highest BCUT2D eigenvalue weighted by Gasteiger charge is 2.19. The molecule has 0 fully saturated rings. The summed E-state index contributed by atoms with van der Waals surface area (Å²) in [5.74, 6) is 0.183. The maximum Gasteiger partial charge on any atom is 0.306 e.